The molecule has 0 radical (unpaired) electrons. The van der Waals surface area contributed by atoms with E-state index in [1.54, 1.807) is 29.2 Å². The summed E-state index contributed by atoms with van der Waals surface area (Å²) in [7, 11) is 0. The van der Waals surface area contributed by atoms with Crippen molar-refractivity contribution in [3.05, 3.63) is 70.0 Å². The lowest BCUT2D eigenvalue weighted by molar-refractivity contribution is 0.208. The topological polar surface area (TPSA) is 61.4 Å². The molecule has 1 fully saturated rings. The van der Waals surface area contributed by atoms with Gasteiger partial charge in [0, 0.05) is 59.9 Å². The van der Waals surface area contributed by atoms with Gasteiger partial charge in [-0.3, -0.25) is 0 Å². The number of halogens is 2. The molecule has 2 heterocycles. The third-order valence-electron chi connectivity index (χ3n) is 4.67. The molecule has 3 aromatic rings. The summed E-state index contributed by atoms with van der Waals surface area (Å²) in [4.78, 5) is 21.1. The molecular formula is C20H19Cl2N5OS. The molecule has 29 heavy (non-hydrogen) atoms. The molecule has 2 amide bonds. The average Bonchev–Trinajstić information content (AvgIpc) is 3.20. The zero-order chi connectivity index (χ0) is 20.2. The first-order valence-electron chi connectivity index (χ1n) is 9.20. The van der Waals surface area contributed by atoms with Crippen LogP contribution in [-0.2, 0) is 6.42 Å². The van der Waals surface area contributed by atoms with Gasteiger partial charge in [0.2, 0.25) is 5.13 Å². The maximum atomic E-state index is 12.5. The van der Waals surface area contributed by atoms with Crippen LogP contribution in [0.1, 0.15) is 11.4 Å². The molecule has 0 atom stereocenters. The SMILES string of the molecule is O=C(Nc1ccc(Cl)cc1)N1CCN(c2nc(Cc3ccc(Cl)cc3)ns2)CC1. The van der Waals surface area contributed by atoms with Crippen molar-refractivity contribution in [2.24, 2.45) is 0 Å². The Balaban J connectivity index is 1.30. The number of piperazine rings is 1. The van der Waals surface area contributed by atoms with Crippen LogP contribution in [0.4, 0.5) is 15.6 Å². The van der Waals surface area contributed by atoms with Gasteiger partial charge in [-0.05, 0) is 42.0 Å². The lowest BCUT2D eigenvalue weighted by atomic mass is 10.1. The number of amides is 2. The maximum absolute atomic E-state index is 12.5. The average molecular weight is 448 g/mol. The highest BCUT2D eigenvalue weighted by Gasteiger charge is 2.23. The summed E-state index contributed by atoms with van der Waals surface area (Å²) in [5, 5.41) is 5.16. The smallest absolute Gasteiger partial charge is 0.321 e. The van der Waals surface area contributed by atoms with Gasteiger partial charge >= 0.3 is 6.03 Å². The highest BCUT2D eigenvalue weighted by molar-refractivity contribution is 7.09. The van der Waals surface area contributed by atoms with Gasteiger partial charge in [-0.1, -0.05) is 35.3 Å². The number of anilines is 2. The van der Waals surface area contributed by atoms with E-state index in [1.165, 1.54) is 11.5 Å². The normalized spacial score (nSPS) is 14.1. The number of nitrogens with zero attached hydrogens (tertiary/aromatic N) is 4. The Morgan fingerprint density at radius 3 is 2.24 bits per heavy atom. The van der Waals surface area contributed by atoms with Crippen molar-refractivity contribution in [3.63, 3.8) is 0 Å². The zero-order valence-corrected chi connectivity index (χ0v) is 17.8. The van der Waals surface area contributed by atoms with Gasteiger partial charge in [-0.15, -0.1) is 0 Å². The van der Waals surface area contributed by atoms with E-state index in [4.69, 9.17) is 23.2 Å². The van der Waals surface area contributed by atoms with Crippen LogP contribution in [0.3, 0.4) is 0 Å². The Hall–Kier alpha value is -2.35. The fourth-order valence-electron chi connectivity index (χ4n) is 3.07. The Bertz CT molecular complexity index is 969. The molecule has 1 N–H and O–H groups in total. The van der Waals surface area contributed by atoms with E-state index >= 15 is 0 Å². The molecule has 150 valence electrons. The first kappa shape index (κ1) is 19.9. The highest BCUT2D eigenvalue weighted by atomic mass is 35.5. The molecule has 1 saturated heterocycles. The summed E-state index contributed by atoms with van der Waals surface area (Å²) >= 11 is 13.2. The zero-order valence-electron chi connectivity index (χ0n) is 15.5. The molecule has 1 aromatic heterocycles. The first-order valence-corrected chi connectivity index (χ1v) is 10.7. The van der Waals surface area contributed by atoms with Crippen molar-refractivity contribution in [1.82, 2.24) is 14.3 Å². The minimum absolute atomic E-state index is 0.104. The van der Waals surface area contributed by atoms with Gasteiger partial charge in [0.05, 0.1) is 0 Å². The number of hydrogen-bond acceptors (Lipinski definition) is 5. The van der Waals surface area contributed by atoms with Crippen molar-refractivity contribution in [2.45, 2.75) is 6.42 Å². The number of carbonyl (C=O) groups is 1. The monoisotopic (exact) mass is 447 g/mol. The molecule has 0 unspecified atom stereocenters. The second-order valence-electron chi connectivity index (χ2n) is 6.71. The van der Waals surface area contributed by atoms with Crippen LogP contribution < -0.4 is 10.2 Å². The number of aromatic nitrogens is 2. The van der Waals surface area contributed by atoms with Gasteiger partial charge in [0.1, 0.15) is 5.82 Å². The van der Waals surface area contributed by atoms with Crippen molar-refractivity contribution >= 4 is 51.6 Å². The second kappa shape index (κ2) is 8.98. The second-order valence-corrected chi connectivity index (χ2v) is 8.31. The Morgan fingerprint density at radius 2 is 1.59 bits per heavy atom. The van der Waals surface area contributed by atoms with Gasteiger partial charge in [-0.2, -0.15) is 4.37 Å². The molecule has 1 aliphatic heterocycles. The summed E-state index contributed by atoms with van der Waals surface area (Å²) in [6.45, 7) is 2.71. The summed E-state index contributed by atoms with van der Waals surface area (Å²) in [5.74, 6) is 0.801. The van der Waals surface area contributed by atoms with Crippen molar-refractivity contribution in [1.29, 1.82) is 0 Å². The van der Waals surface area contributed by atoms with Gasteiger partial charge in [-0.25, -0.2) is 9.78 Å². The quantitative estimate of drug-likeness (QED) is 0.624. The molecular weight excluding hydrogens is 429 g/mol. The lowest BCUT2D eigenvalue weighted by Gasteiger charge is -2.34. The minimum atomic E-state index is -0.104. The largest absolute Gasteiger partial charge is 0.343 e. The fraction of sp³-hybridized carbons (Fsp3) is 0.250. The molecule has 9 heteroatoms. The van der Waals surface area contributed by atoms with E-state index in [-0.39, 0.29) is 6.03 Å². The summed E-state index contributed by atoms with van der Waals surface area (Å²) in [6.07, 6.45) is 0.678. The predicted octanol–water partition coefficient (Wildman–Crippen LogP) is 4.79. The van der Waals surface area contributed by atoms with Gasteiger partial charge in [0.25, 0.3) is 0 Å². The van der Waals surface area contributed by atoms with E-state index < -0.39 is 0 Å². The number of nitrogens with one attached hydrogen (secondary N) is 1. The van der Waals surface area contributed by atoms with E-state index in [1.807, 2.05) is 24.3 Å². The first-order chi connectivity index (χ1) is 14.1. The Kier molecular flexibility index (Phi) is 6.18. The lowest BCUT2D eigenvalue weighted by Crippen LogP contribution is -2.50. The number of hydrogen-bond donors (Lipinski definition) is 1. The standard InChI is InChI=1S/C20H19Cl2N5OS/c21-15-3-1-14(2-4-15)13-18-24-20(29-25-18)27-11-9-26(10-12-27)19(28)23-17-7-5-16(22)6-8-17/h1-8H,9-13H2,(H,23,28). The van der Waals surface area contributed by atoms with Crippen LogP contribution in [0, 0.1) is 0 Å². The molecule has 0 saturated carbocycles. The molecule has 2 aromatic carbocycles. The van der Waals surface area contributed by atoms with Crippen LogP contribution in [-0.4, -0.2) is 46.5 Å². The highest BCUT2D eigenvalue weighted by Crippen LogP contribution is 2.21. The predicted molar refractivity (Wildman–Crippen MR) is 118 cm³/mol. The summed E-state index contributed by atoms with van der Waals surface area (Å²) < 4.78 is 4.48. The van der Waals surface area contributed by atoms with Gasteiger partial charge < -0.3 is 15.1 Å². The Morgan fingerprint density at radius 1 is 0.966 bits per heavy atom. The number of urea groups is 1. The molecule has 0 aliphatic carbocycles. The fourth-order valence-corrected chi connectivity index (χ4v) is 4.06. The molecule has 1 aliphatic rings. The maximum Gasteiger partial charge on any atom is 0.321 e. The van der Waals surface area contributed by atoms with E-state index in [0.717, 1.165) is 40.3 Å². The summed E-state index contributed by atoms with van der Waals surface area (Å²) in [5.41, 5.74) is 1.86. The number of carbonyl (C=O) groups excluding carboxylic acids is 1. The van der Waals surface area contributed by atoms with Crippen LogP contribution in [0.15, 0.2) is 48.5 Å². The molecule has 0 spiro atoms. The van der Waals surface area contributed by atoms with Crippen molar-refractivity contribution in [2.75, 3.05) is 36.4 Å². The summed E-state index contributed by atoms with van der Waals surface area (Å²) in [6, 6.07) is 14.7. The van der Waals surface area contributed by atoms with E-state index in [0.29, 0.717) is 24.5 Å². The van der Waals surface area contributed by atoms with E-state index in [9.17, 15) is 4.79 Å². The molecule has 4 rings (SSSR count). The van der Waals surface area contributed by atoms with E-state index in [2.05, 4.69) is 19.6 Å². The molecule has 6 nitrogen and oxygen atoms in total. The third-order valence-corrected chi connectivity index (χ3v) is 5.98. The Labute approximate surface area is 183 Å². The molecule has 0 bridgehead atoms. The van der Waals surface area contributed by atoms with Crippen LogP contribution >= 0.6 is 34.7 Å². The minimum Gasteiger partial charge on any atom is -0.343 e. The van der Waals surface area contributed by atoms with Crippen molar-refractivity contribution < 1.29 is 4.79 Å². The third kappa shape index (κ3) is 5.18. The van der Waals surface area contributed by atoms with Crippen LogP contribution in [0.25, 0.3) is 0 Å². The van der Waals surface area contributed by atoms with Crippen molar-refractivity contribution in [3.8, 4) is 0 Å². The number of rotatable bonds is 4. The number of benzene rings is 2. The van der Waals surface area contributed by atoms with Crippen LogP contribution in [0.2, 0.25) is 10.0 Å². The van der Waals surface area contributed by atoms with Crippen LogP contribution in [0.5, 0.6) is 0 Å². The van der Waals surface area contributed by atoms with Gasteiger partial charge in [0.15, 0.2) is 0 Å².